The van der Waals surface area contributed by atoms with Gasteiger partial charge in [0.15, 0.2) is 17.7 Å². The number of nitrogens with two attached hydrogens (primary N) is 1. The topological polar surface area (TPSA) is 175 Å². The maximum absolute atomic E-state index is 14.3. The summed E-state index contributed by atoms with van der Waals surface area (Å²) in [5, 5.41) is 53.6. The van der Waals surface area contributed by atoms with E-state index in [4.69, 9.17) is 15.2 Å². The van der Waals surface area contributed by atoms with E-state index >= 15 is 0 Å². The van der Waals surface area contributed by atoms with Crippen LogP contribution in [0, 0.1) is 69.7 Å². The molecule has 13 heteroatoms. The van der Waals surface area contributed by atoms with E-state index in [9.17, 15) is 25.2 Å². The third-order valence-corrected chi connectivity index (χ3v) is 25.0. The minimum absolute atomic E-state index is 0.00428. The summed E-state index contributed by atoms with van der Waals surface area (Å²) in [5.74, 6) is 13.6. The molecule has 0 amide bonds. The van der Waals surface area contributed by atoms with Crippen molar-refractivity contribution in [3.63, 3.8) is 0 Å². The molecule has 7 aliphatic carbocycles. The Balaban J connectivity index is 0.852. The van der Waals surface area contributed by atoms with Gasteiger partial charge in [0.05, 0.1) is 35.2 Å². The molecule has 13 aliphatic rings. The summed E-state index contributed by atoms with van der Waals surface area (Å²) >= 11 is 0. The average molecular weight is 1090 g/mol. The first-order valence-electron chi connectivity index (χ1n) is 30.0. The van der Waals surface area contributed by atoms with E-state index < -0.39 is 41.8 Å². The van der Waals surface area contributed by atoms with Crippen molar-refractivity contribution >= 4 is 38.3 Å². The Bertz CT molecular complexity index is 3250. The summed E-state index contributed by atoms with van der Waals surface area (Å²) in [4.78, 5) is 18.1. The summed E-state index contributed by atoms with van der Waals surface area (Å²) in [6.45, 7) is 0.713. The Hall–Kier alpha value is -4.31. The second-order valence-electron chi connectivity index (χ2n) is 26.7. The minimum Gasteiger partial charge on any atom is -0.508 e. The number of aromatic nitrogens is 2. The number of nitrogens with zero attached hydrogens (tertiary/aromatic N) is 1. The molecule has 17 rings (SSSR count). The Morgan fingerprint density at radius 1 is 0.949 bits per heavy atom. The zero-order valence-corrected chi connectivity index (χ0v) is 46.6. The summed E-state index contributed by atoms with van der Waals surface area (Å²) in [5.41, 5.74) is 15.9. The van der Waals surface area contributed by atoms with Gasteiger partial charge in [-0.15, -0.1) is 0 Å². The number of phenols is 1. The Morgan fingerprint density at radius 2 is 1.78 bits per heavy atom. The van der Waals surface area contributed by atoms with E-state index in [2.05, 4.69) is 75.5 Å². The van der Waals surface area contributed by atoms with Crippen LogP contribution < -0.4 is 20.5 Å². The van der Waals surface area contributed by atoms with E-state index in [0.717, 1.165) is 90.6 Å². The molecule has 5 fully saturated rings. The fraction of sp³-hybridized carbons (Fsp3) is 0.615. The van der Waals surface area contributed by atoms with Crippen LogP contribution in [-0.2, 0) is 22.4 Å². The molecule has 410 valence electrons. The van der Waals surface area contributed by atoms with Crippen LogP contribution in [0.15, 0.2) is 48.4 Å². The van der Waals surface area contributed by atoms with Crippen molar-refractivity contribution < 1.29 is 34.7 Å². The lowest BCUT2D eigenvalue weighted by Crippen LogP contribution is -2.56. The van der Waals surface area contributed by atoms with Crippen LogP contribution in [0.2, 0.25) is 0 Å². The second-order valence-corrected chi connectivity index (χ2v) is 29.1. The lowest BCUT2D eigenvalue weighted by Gasteiger charge is -2.56. The van der Waals surface area contributed by atoms with Gasteiger partial charge in [-0.25, -0.2) is 0 Å². The number of aliphatic hydroxyl groups excluding tert-OH is 3. The highest BCUT2D eigenvalue weighted by atomic mass is 33.1. The SMILES string of the molecule is NC1NCC23CSSCc4c(CCC(=O)CC(O)C5C=C6CCC7CCCCC7C6CC5O)c(O)cc5c4OC4C(C#CC(O)c6ccc1c2c6C(c1c[nH]c2cn4cc12)C1(CCC2(CCCC2)C1)C3)C1(C#CO5)CCCC1. The van der Waals surface area contributed by atoms with Gasteiger partial charge in [0.2, 0.25) is 0 Å². The van der Waals surface area contributed by atoms with Crippen molar-refractivity contribution in [2.75, 3.05) is 12.3 Å². The number of allylic oxidation sites excluding steroid dienone is 1. The van der Waals surface area contributed by atoms with Crippen molar-refractivity contribution in [3.05, 3.63) is 87.4 Å². The van der Waals surface area contributed by atoms with Gasteiger partial charge in [0.25, 0.3) is 0 Å². The van der Waals surface area contributed by atoms with E-state index in [0.29, 0.717) is 53.0 Å². The maximum Gasteiger partial charge on any atom is 0.191 e. The lowest BCUT2D eigenvalue weighted by atomic mass is 9.50. The number of Topliss-reactive ketones (excluding diaryl/α,β-unsaturated/α-hetero) is 1. The first-order chi connectivity index (χ1) is 37.9. The molecule has 2 aromatic heterocycles. The molecule has 4 aromatic rings. The van der Waals surface area contributed by atoms with Gasteiger partial charge >= 0.3 is 0 Å². The smallest absolute Gasteiger partial charge is 0.191 e. The van der Waals surface area contributed by atoms with Crippen molar-refractivity contribution in [1.82, 2.24) is 14.9 Å². The summed E-state index contributed by atoms with van der Waals surface area (Å²) in [6.07, 6.45) is 29.4. The second kappa shape index (κ2) is 19.1. The number of rotatable bonds is 6. The number of phenolic OH excluding ortho intramolecular Hbond substituents is 1. The molecule has 10 bridgehead atoms. The monoisotopic (exact) mass is 1090 g/mol. The van der Waals surface area contributed by atoms with E-state index in [-0.39, 0.29) is 53.7 Å². The van der Waals surface area contributed by atoms with Gasteiger partial charge < -0.3 is 45.2 Å². The Morgan fingerprint density at radius 3 is 2.65 bits per heavy atom. The molecule has 0 radical (unpaired) electrons. The molecular formula is C65H76N4O7S2. The van der Waals surface area contributed by atoms with Gasteiger partial charge in [0, 0.05) is 89.3 Å². The first kappa shape index (κ1) is 50.6. The van der Waals surface area contributed by atoms with E-state index in [1.54, 1.807) is 16.9 Å². The summed E-state index contributed by atoms with van der Waals surface area (Å²) in [7, 11) is 3.59. The number of nitrogens with one attached hydrogen (secondary N) is 2. The molecule has 78 heavy (non-hydrogen) atoms. The van der Waals surface area contributed by atoms with Gasteiger partial charge in [0.1, 0.15) is 23.7 Å². The molecule has 4 spiro atoms. The number of carbonyl (C=O) groups is 1. The number of benzene rings is 2. The highest BCUT2D eigenvalue weighted by Gasteiger charge is 2.62. The summed E-state index contributed by atoms with van der Waals surface area (Å²) in [6, 6.07) is 5.93. The van der Waals surface area contributed by atoms with E-state index in [1.807, 2.05) is 10.8 Å². The number of aliphatic hydroxyl groups is 3. The van der Waals surface area contributed by atoms with Crippen LogP contribution in [0.4, 0.5) is 0 Å². The fourth-order valence-electron chi connectivity index (χ4n) is 19.1. The number of H-pyrrole nitrogens is 1. The van der Waals surface area contributed by atoms with E-state index in [1.165, 1.54) is 86.5 Å². The number of fused-ring (bicyclic) bond motifs is 4. The molecule has 0 saturated heterocycles. The molecule has 2 aromatic carbocycles. The normalized spacial score (nSPS) is 35.7. The van der Waals surface area contributed by atoms with Crippen molar-refractivity contribution in [2.24, 2.45) is 51.6 Å². The van der Waals surface area contributed by atoms with Gasteiger partial charge in [-0.2, -0.15) is 0 Å². The number of hydrogen-bond acceptors (Lipinski definition) is 11. The number of carbonyl (C=O) groups excluding carboxylic acids is 1. The molecule has 5 saturated carbocycles. The maximum atomic E-state index is 14.3. The number of aromatic hydroxyl groups is 1. The molecule has 11 nitrogen and oxygen atoms in total. The number of ketones is 1. The molecule has 6 aliphatic heterocycles. The zero-order valence-electron chi connectivity index (χ0n) is 44.9. The van der Waals surface area contributed by atoms with Crippen LogP contribution in [0.25, 0.3) is 10.9 Å². The van der Waals surface area contributed by atoms with Crippen LogP contribution in [0.1, 0.15) is 198 Å². The predicted molar refractivity (Wildman–Crippen MR) is 304 cm³/mol. The van der Waals surface area contributed by atoms with Crippen LogP contribution >= 0.6 is 21.6 Å². The zero-order chi connectivity index (χ0) is 52.7. The van der Waals surface area contributed by atoms with Crippen molar-refractivity contribution in [3.8, 4) is 41.1 Å². The number of ether oxygens (including phenoxy) is 2. The van der Waals surface area contributed by atoms with Crippen LogP contribution in [-0.4, -0.2) is 60.3 Å². The first-order valence-corrected chi connectivity index (χ1v) is 32.5. The lowest BCUT2D eigenvalue weighted by molar-refractivity contribution is -0.122. The van der Waals surface area contributed by atoms with Gasteiger partial charge in [-0.05, 0) is 140 Å². The van der Waals surface area contributed by atoms with Crippen molar-refractivity contribution in [1.29, 1.82) is 0 Å². The Labute approximate surface area is 466 Å². The number of hydrogen-bond donors (Lipinski definition) is 7. The standard InChI is InChI=1S/C65H76N4O7S2/c66-60-43-14-13-42-51(71)16-15-49-61-69-30-47-46(29-67-50(47)31-69)58-56(42)57(43)65(35-68-60,34-64(58)22-21-62(33-64)17-3-4-18-62)36-78-77-32-48-41(54(74)28-55(59(48)76-61)75-24-23-63(49)19-5-6-20-63)12-11-39(70)26-52(72)45-25-38-10-9-37-7-1-2-8-40(37)44(38)27-53(45)73/h13-14,25,28-31,37,40,44-45,49,51-53,58,60-61,67-68,71-74H,1-12,17-22,26-27,32-36,66H2. The quantitative estimate of drug-likeness (QED) is 0.0556. The molecular weight excluding hydrogens is 1010 g/mol. The largest absolute Gasteiger partial charge is 0.508 e. The summed E-state index contributed by atoms with van der Waals surface area (Å²) < 4.78 is 16.3. The fourth-order valence-corrected chi connectivity index (χ4v) is 21.8. The van der Waals surface area contributed by atoms with Crippen LogP contribution in [0.5, 0.6) is 17.2 Å². The predicted octanol–water partition coefficient (Wildman–Crippen LogP) is 11.6. The van der Waals surface area contributed by atoms with Gasteiger partial charge in [-0.1, -0.05) is 108 Å². The van der Waals surface area contributed by atoms with Gasteiger partial charge in [-0.3, -0.25) is 10.1 Å². The Kier molecular flexibility index (Phi) is 12.4. The third kappa shape index (κ3) is 7.99. The highest BCUT2D eigenvalue weighted by Crippen LogP contribution is 2.71. The average Bonchev–Trinajstić information content (AvgIpc) is 3.72. The molecule has 13 atom stereocenters. The molecule has 13 unspecified atom stereocenters. The minimum atomic E-state index is -1.09. The third-order valence-electron chi connectivity index (χ3n) is 22.6. The number of aromatic amines is 1. The van der Waals surface area contributed by atoms with Crippen molar-refractivity contribution in [2.45, 2.75) is 189 Å². The highest BCUT2D eigenvalue weighted by molar-refractivity contribution is 8.76. The molecule has 8 heterocycles. The molecule has 8 N–H and O–H groups in total. The van der Waals surface area contributed by atoms with Crippen LogP contribution in [0.3, 0.4) is 0 Å².